The molecule has 0 radical (unpaired) electrons. The van der Waals surface area contributed by atoms with Crippen molar-refractivity contribution in [2.45, 2.75) is 0 Å². The number of hydrogen-bond donors (Lipinski definition) is 4. The molecule has 0 spiro atoms. The van der Waals surface area contributed by atoms with Crippen LogP contribution in [-0.4, -0.2) is 34.4 Å². The molecule has 0 bridgehead atoms. The first-order chi connectivity index (χ1) is 10.1. The molecule has 0 aliphatic carbocycles. The molecular weight excluding hydrogens is 271 g/mol. The van der Waals surface area contributed by atoms with Gasteiger partial charge in [-0.05, 0) is 23.2 Å². The predicted molar refractivity (Wildman–Crippen MR) is 79.4 cm³/mol. The van der Waals surface area contributed by atoms with Gasteiger partial charge in [-0.2, -0.15) is 5.10 Å². The molecule has 0 atom stereocenters. The van der Waals surface area contributed by atoms with Crippen LogP contribution in [0.15, 0.2) is 53.6 Å². The van der Waals surface area contributed by atoms with Crippen LogP contribution >= 0.6 is 0 Å². The molecule has 0 saturated heterocycles. The van der Waals surface area contributed by atoms with E-state index in [2.05, 4.69) is 10.5 Å². The van der Waals surface area contributed by atoms with Gasteiger partial charge in [-0.15, -0.1) is 0 Å². The Kier molecular flexibility index (Phi) is 4.70. The Morgan fingerprint density at radius 1 is 1.14 bits per heavy atom. The first kappa shape index (κ1) is 14.8. The summed E-state index contributed by atoms with van der Waals surface area (Å²) in [6.45, 7) is 0. The Morgan fingerprint density at radius 2 is 1.90 bits per heavy atom. The first-order valence-corrected chi connectivity index (χ1v) is 6.15. The van der Waals surface area contributed by atoms with Crippen molar-refractivity contribution in [1.29, 1.82) is 0 Å². The van der Waals surface area contributed by atoms with Gasteiger partial charge in [0.1, 0.15) is 5.75 Å². The fraction of sp³-hybridized carbons (Fsp3) is 0. The molecule has 4 N–H and O–H groups in total. The van der Waals surface area contributed by atoms with E-state index in [4.69, 9.17) is 10.0 Å². The van der Waals surface area contributed by atoms with Crippen LogP contribution in [0.3, 0.4) is 0 Å². The standard InChI is InChI=1S/C14H13BN2O4/c18-13-7-2-1-6-12(13)14(19)17-16-9-10-4-3-5-11(8-10)15(20)21/h1-9,18,20-21H,(H,17,19)/b16-9+. The molecule has 106 valence electrons. The van der Waals surface area contributed by atoms with Gasteiger partial charge in [0.15, 0.2) is 0 Å². The summed E-state index contributed by atoms with van der Waals surface area (Å²) in [5.41, 5.74) is 3.32. The zero-order valence-electron chi connectivity index (χ0n) is 11.0. The normalized spacial score (nSPS) is 10.6. The number of carbonyl (C=O) groups is 1. The highest BCUT2D eigenvalue weighted by Gasteiger charge is 2.10. The Balaban J connectivity index is 2.04. The average Bonchev–Trinajstić information content (AvgIpc) is 2.48. The second-order valence-corrected chi connectivity index (χ2v) is 4.26. The molecule has 21 heavy (non-hydrogen) atoms. The van der Waals surface area contributed by atoms with Crippen molar-refractivity contribution in [1.82, 2.24) is 5.43 Å². The topological polar surface area (TPSA) is 102 Å². The molecule has 0 fully saturated rings. The van der Waals surface area contributed by atoms with Crippen molar-refractivity contribution in [3.05, 3.63) is 59.7 Å². The van der Waals surface area contributed by atoms with E-state index in [1.165, 1.54) is 24.4 Å². The van der Waals surface area contributed by atoms with Gasteiger partial charge < -0.3 is 15.2 Å². The van der Waals surface area contributed by atoms with E-state index in [9.17, 15) is 9.90 Å². The summed E-state index contributed by atoms with van der Waals surface area (Å²) in [5.74, 6) is -0.668. The number of amides is 1. The number of rotatable bonds is 4. The molecule has 1 amide bonds. The molecular formula is C14H13BN2O4. The van der Waals surface area contributed by atoms with E-state index < -0.39 is 13.0 Å². The monoisotopic (exact) mass is 284 g/mol. The van der Waals surface area contributed by atoms with E-state index in [-0.39, 0.29) is 11.3 Å². The molecule has 0 aliphatic rings. The lowest BCUT2D eigenvalue weighted by molar-refractivity contribution is 0.0952. The number of benzene rings is 2. The van der Waals surface area contributed by atoms with E-state index in [1.54, 1.807) is 30.3 Å². The largest absolute Gasteiger partial charge is 0.507 e. The second kappa shape index (κ2) is 6.69. The van der Waals surface area contributed by atoms with Crippen molar-refractivity contribution >= 4 is 24.7 Å². The van der Waals surface area contributed by atoms with Crippen LogP contribution in [0.2, 0.25) is 0 Å². The third kappa shape index (κ3) is 3.91. The molecule has 0 heterocycles. The minimum Gasteiger partial charge on any atom is -0.507 e. The summed E-state index contributed by atoms with van der Waals surface area (Å²) < 4.78 is 0. The number of carbonyl (C=O) groups excluding carboxylic acids is 1. The fourth-order valence-electron chi connectivity index (χ4n) is 1.69. The van der Waals surface area contributed by atoms with Crippen molar-refractivity contribution in [3.8, 4) is 5.75 Å². The Morgan fingerprint density at radius 3 is 2.62 bits per heavy atom. The van der Waals surface area contributed by atoms with Crippen molar-refractivity contribution in [2.75, 3.05) is 0 Å². The summed E-state index contributed by atoms with van der Waals surface area (Å²) in [7, 11) is -1.56. The number of hydrogen-bond acceptors (Lipinski definition) is 5. The van der Waals surface area contributed by atoms with Gasteiger partial charge in [0.2, 0.25) is 0 Å². The summed E-state index contributed by atoms with van der Waals surface area (Å²) in [5, 5.41) is 31.4. The van der Waals surface area contributed by atoms with Gasteiger partial charge in [0.05, 0.1) is 11.8 Å². The fourth-order valence-corrected chi connectivity index (χ4v) is 1.69. The SMILES string of the molecule is O=C(N/N=C/c1cccc(B(O)O)c1)c1ccccc1O. The first-order valence-electron chi connectivity index (χ1n) is 6.15. The van der Waals surface area contributed by atoms with E-state index in [1.807, 2.05) is 0 Å². The minimum atomic E-state index is -1.56. The van der Waals surface area contributed by atoms with Gasteiger partial charge in [-0.1, -0.05) is 36.4 Å². The van der Waals surface area contributed by atoms with Crippen molar-refractivity contribution < 1.29 is 19.9 Å². The van der Waals surface area contributed by atoms with E-state index in [0.717, 1.165) is 0 Å². The lowest BCUT2D eigenvalue weighted by Crippen LogP contribution is -2.29. The molecule has 0 aromatic heterocycles. The van der Waals surface area contributed by atoms with Crippen molar-refractivity contribution in [3.63, 3.8) is 0 Å². The van der Waals surface area contributed by atoms with E-state index >= 15 is 0 Å². The zero-order chi connectivity index (χ0) is 15.2. The van der Waals surface area contributed by atoms with Crippen molar-refractivity contribution in [2.24, 2.45) is 5.10 Å². The number of nitrogens with one attached hydrogen (secondary N) is 1. The maximum atomic E-state index is 11.8. The summed E-state index contributed by atoms with van der Waals surface area (Å²) in [6, 6.07) is 12.5. The maximum absolute atomic E-state index is 11.8. The van der Waals surface area contributed by atoms with Gasteiger partial charge in [-0.25, -0.2) is 5.43 Å². The van der Waals surface area contributed by atoms with Crippen LogP contribution in [0.4, 0.5) is 0 Å². The molecule has 0 unspecified atom stereocenters. The van der Waals surface area contributed by atoms with Gasteiger partial charge in [0, 0.05) is 0 Å². The average molecular weight is 284 g/mol. The van der Waals surface area contributed by atoms with Crippen LogP contribution in [-0.2, 0) is 0 Å². The predicted octanol–water partition coefficient (Wildman–Crippen LogP) is -0.164. The van der Waals surface area contributed by atoms with Gasteiger partial charge >= 0.3 is 7.12 Å². The number of aromatic hydroxyl groups is 1. The van der Waals surface area contributed by atoms with Gasteiger partial charge in [0.25, 0.3) is 5.91 Å². The molecule has 0 aliphatic heterocycles. The van der Waals surface area contributed by atoms with Crippen LogP contribution in [0.25, 0.3) is 0 Å². The van der Waals surface area contributed by atoms with Crippen LogP contribution in [0, 0.1) is 0 Å². The lowest BCUT2D eigenvalue weighted by atomic mass is 9.80. The minimum absolute atomic E-state index is 0.120. The third-order valence-electron chi connectivity index (χ3n) is 2.74. The summed E-state index contributed by atoms with van der Waals surface area (Å²) in [6.07, 6.45) is 1.36. The number of para-hydroxylation sites is 1. The number of nitrogens with zero attached hydrogens (tertiary/aromatic N) is 1. The molecule has 6 nitrogen and oxygen atoms in total. The Bertz CT molecular complexity index is 674. The molecule has 7 heteroatoms. The van der Waals surface area contributed by atoms with Gasteiger partial charge in [-0.3, -0.25) is 4.79 Å². The highest BCUT2D eigenvalue weighted by atomic mass is 16.4. The van der Waals surface area contributed by atoms with Crippen LogP contribution in [0.1, 0.15) is 15.9 Å². The van der Waals surface area contributed by atoms with Crippen LogP contribution in [0.5, 0.6) is 5.75 Å². The zero-order valence-corrected chi connectivity index (χ0v) is 11.0. The third-order valence-corrected chi connectivity index (χ3v) is 2.74. The quantitative estimate of drug-likeness (QED) is 0.356. The summed E-state index contributed by atoms with van der Waals surface area (Å²) in [4.78, 5) is 11.8. The number of phenols is 1. The highest BCUT2D eigenvalue weighted by Crippen LogP contribution is 2.14. The number of hydrazone groups is 1. The maximum Gasteiger partial charge on any atom is 0.488 e. The molecule has 0 saturated carbocycles. The molecule has 2 rings (SSSR count). The molecule has 2 aromatic carbocycles. The van der Waals surface area contributed by atoms with Crippen LogP contribution < -0.4 is 10.9 Å². The Hall–Kier alpha value is -2.64. The number of phenolic OH excluding ortho intramolecular Hbond substituents is 1. The lowest BCUT2D eigenvalue weighted by Gasteiger charge is -2.02. The van der Waals surface area contributed by atoms with E-state index in [0.29, 0.717) is 11.0 Å². The second-order valence-electron chi connectivity index (χ2n) is 4.26. The smallest absolute Gasteiger partial charge is 0.488 e. The Labute approximate surface area is 121 Å². The summed E-state index contributed by atoms with van der Waals surface area (Å²) >= 11 is 0. The molecule has 2 aromatic rings. The highest BCUT2D eigenvalue weighted by molar-refractivity contribution is 6.58.